The summed E-state index contributed by atoms with van der Waals surface area (Å²) in [4.78, 5) is 5.00. The third kappa shape index (κ3) is 4.23. The molecule has 4 heterocycles. The van der Waals surface area contributed by atoms with Gasteiger partial charge in [0.05, 0.1) is 5.02 Å². The summed E-state index contributed by atoms with van der Waals surface area (Å²) in [7, 11) is 0. The minimum atomic E-state index is 0.0319. The van der Waals surface area contributed by atoms with E-state index in [0.29, 0.717) is 23.3 Å². The third-order valence-electron chi connectivity index (χ3n) is 6.19. The lowest BCUT2D eigenvalue weighted by atomic mass is 9.95. The molecule has 0 N–H and O–H groups in total. The van der Waals surface area contributed by atoms with Crippen molar-refractivity contribution in [3.63, 3.8) is 0 Å². The molecule has 1 fully saturated rings. The molecule has 0 radical (unpaired) electrons. The Morgan fingerprint density at radius 3 is 2.70 bits per heavy atom. The SMILES string of the molecule is Clc1cccc2c1OC(CN1CCC(CN3CC=CC=C3n3cccc3)CC1)CO2. The van der Waals surface area contributed by atoms with Gasteiger partial charge >= 0.3 is 0 Å². The molecule has 0 bridgehead atoms. The van der Waals surface area contributed by atoms with Gasteiger partial charge in [-0.25, -0.2) is 0 Å². The van der Waals surface area contributed by atoms with E-state index in [1.165, 1.54) is 18.7 Å². The van der Waals surface area contributed by atoms with Gasteiger partial charge in [-0.3, -0.25) is 4.90 Å². The van der Waals surface area contributed by atoms with Gasteiger partial charge in [0.25, 0.3) is 0 Å². The van der Waals surface area contributed by atoms with Gasteiger partial charge in [0.1, 0.15) is 18.5 Å². The minimum Gasteiger partial charge on any atom is -0.486 e. The Morgan fingerprint density at radius 1 is 1.03 bits per heavy atom. The van der Waals surface area contributed by atoms with Crippen molar-refractivity contribution in [3.05, 3.63) is 66.0 Å². The van der Waals surface area contributed by atoms with Gasteiger partial charge < -0.3 is 18.9 Å². The number of hydrogen-bond donors (Lipinski definition) is 0. The third-order valence-corrected chi connectivity index (χ3v) is 6.49. The molecule has 0 saturated carbocycles. The number of likely N-dealkylation sites (tertiary alicyclic amines) is 1. The fourth-order valence-corrected chi connectivity index (χ4v) is 4.80. The van der Waals surface area contributed by atoms with Crippen molar-refractivity contribution in [1.29, 1.82) is 0 Å². The van der Waals surface area contributed by atoms with E-state index >= 15 is 0 Å². The molecule has 3 aliphatic rings. The zero-order valence-corrected chi connectivity index (χ0v) is 17.9. The molecular formula is C24H28ClN3O2. The molecule has 5 nitrogen and oxygen atoms in total. The normalized spacial score (nSPS) is 22.2. The molecule has 1 aromatic heterocycles. The van der Waals surface area contributed by atoms with E-state index in [-0.39, 0.29) is 6.10 Å². The van der Waals surface area contributed by atoms with Gasteiger partial charge in [-0.1, -0.05) is 29.8 Å². The van der Waals surface area contributed by atoms with E-state index in [1.54, 1.807) is 0 Å². The van der Waals surface area contributed by atoms with Gasteiger partial charge in [-0.2, -0.15) is 0 Å². The Morgan fingerprint density at radius 2 is 1.87 bits per heavy atom. The number of nitrogens with zero attached hydrogens (tertiary/aromatic N) is 3. The molecule has 1 saturated heterocycles. The van der Waals surface area contributed by atoms with Crippen LogP contribution >= 0.6 is 11.6 Å². The number of benzene rings is 1. The molecule has 3 aliphatic heterocycles. The van der Waals surface area contributed by atoms with Gasteiger partial charge in [0, 0.05) is 32.0 Å². The number of allylic oxidation sites excluding steroid dienone is 2. The Bertz CT molecular complexity index is 917. The summed E-state index contributed by atoms with van der Waals surface area (Å²) < 4.78 is 14.2. The highest BCUT2D eigenvalue weighted by Crippen LogP contribution is 2.38. The maximum atomic E-state index is 6.28. The standard InChI is InChI=1S/C24H28ClN3O2/c25-21-6-5-7-22-24(21)30-20(18-29-22)17-26-14-9-19(10-15-26)16-28-13-2-1-8-23(28)27-11-3-4-12-27/h1-8,11-12,19-20H,9-10,13-18H2. The first-order valence-electron chi connectivity index (χ1n) is 10.8. The van der Waals surface area contributed by atoms with Crippen LogP contribution < -0.4 is 9.47 Å². The number of halogens is 1. The van der Waals surface area contributed by atoms with E-state index in [9.17, 15) is 0 Å². The molecule has 1 unspecified atom stereocenters. The molecule has 1 atom stereocenters. The average molecular weight is 426 g/mol. The zero-order valence-electron chi connectivity index (χ0n) is 17.1. The highest BCUT2D eigenvalue weighted by atomic mass is 35.5. The second kappa shape index (κ2) is 8.78. The molecule has 0 spiro atoms. The lowest BCUT2D eigenvalue weighted by molar-refractivity contribution is 0.0463. The van der Waals surface area contributed by atoms with Gasteiger partial charge in [0.15, 0.2) is 11.5 Å². The Balaban J connectivity index is 1.13. The molecule has 0 amide bonds. The predicted octanol–water partition coefficient (Wildman–Crippen LogP) is 4.36. The number of fused-ring (bicyclic) bond motifs is 1. The quantitative estimate of drug-likeness (QED) is 0.711. The van der Waals surface area contributed by atoms with E-state index in [4.69, 9.17) is 21.1 Å². The fraction of sp³-hybridized carbons (Fsp3) is 0.417. The molecule has 5 rings (SSSR count). The Hall–Kier alpha value is -2.37. The summed E-state index contributed by atoms with van der Waals surface area (Å²) in [5, 5.41) is 0.623. The van der Waals surface area contributed by atoms with Crippen LogP contribution in [0.3, 0.4) is 0 Å². The smallest absolute Gasteiger partial charge is 0.180 e. The number of rotatable bonds is 5. The molecule has 1 aromatic carbocycles. The van der Waals surface area contributed by atoms with Crippen LogP contribution in [0.4, 0.5) is 0 Å². The van der Waals surface area contributed by atoms with Crippen molar-refractivity contribution >= 4 is 17.4 Å². The van der Waals surface area contributed by atoms with E-state index in [2.05, 4.69) is 57.1 Å². The summed E-state index contributed by atoms with van der Waals surface area (Å²) in [6, 6.07) is 9.82. The molecule has 30 heavy (non-hydrogen) atoms. The van der Waals surface area contributed by atoms with E-state index < -0.39 is 0 Å². The van der Waals surface area contributed by atoms with Crippen molar-refractivity contribution in [2.45, 2.75) is 18.9 Å². The van der Waals surface area contributed by atoms with Crippen LogP contribution in [0.5, 0.6) is 11.5 Å². The van der Waals surface area contributed by atoms with Gasteiger partial charge in [-0.15, -0.1) is 0 Å². The highest BCUT2D eigenvalue weighted by Gasteiger charge is 2.28. The summed E-state index contributed by atoms with van der Waals surface area (Å²) in [5.41, 5.74) is 0. The second-order valence-corrected chi connectivity index (χ2v) is 8.72. The summed E-state index contributed by atoms with van der Waals surface area (Å²) in [6.07, 6.45) is 13.3. The first kappa shape index (κ1) is 19.6. The Labute approximate surface area is 183 Å². The van der Waals surface area contributed by atoms with Crippen LogP contribution in [0.1, 0.15) is 12.8 Å². The first-order valence-corrected chi connectivity index (χ1v) is 11.2. The number of ether oxygens (including phenoxy) is 2. The van der Waals surface area contributed by atoms with Gasteiger partial charge in [0.2, 0.25) is 0 Å². The summed E-state index contributed by atoms with van der Waals surface area (Å²) >= 11 is 6.28. The van der Waals surface area contributed by atoms with Crippen LogP contribution in [-0.4, -0.2) is 59.8 Å². The molecule has 6 heteroatoms. The second-order valence-electron chi connectivity index (χ2n) is 8.31. The fourth-order valence-electron chi connectivity index (χ4n) is 4.59. The lowest BCUT2D eigenvalue weighted by Crippen LogP contribution is -2.45. The Kier molecular flexibility index (Phi) is 5.73. The van der Waals surface area contributed by atoms with E-state index in [1.807, 2.05) is 18.2 Å². The molecular weight excluding hydrogens is 398 g/mol. The van der Waals surface area contributed by atoms with Crippen LogP contribution in [0.2, 0.25) is 5.02 Å². The van der Waals surface area contributed by atoms with E-state index in [0.717, 1.165) is 38.5 Å². The van der Waals surface area contributed by atoms with Crippen molar-refractivity contribution in [1.82, 2.24) is 14.4 Å². The number of piperidine rings is 1. The van der Waals surface area contributed by atoms with Crippen LogP contribution in [0.15, 0.2) is 61.0 Å². The van der Waals surface area contributed by atoms with Gasteiger partial charge in [-0.05, 0) is 62.2 Å². The maximum Gasteiger partial charge on any atom is 0.180 e. The van der Waals surface area contributed by atoms with Crippen LogP contribution in [0, 0.1) is 5.92 Å². The monoisotopic (exact) mass is 425 g/mol. The topological polar surface area (TPSA) is 29.9 Å². The molecule has 158 valence electrons. The average Bonchev–Trinajstić information content (AvgIpc) is 3.31. The van der Waals surface area contributed by atoms with Crippen molar-refractivity contribution in [3.8, 4) is 11.5 Å². The first-order chi connectivity index (χ1) is 14.8. The molecule has 2 aromatic rings. The maximum absolute atomic E-state index is 6.28. The number of aromatic nitrogens is 1. The lowest BCUT2D eigenvalue weighted by Gasteiger charge is -2.38. The van der Waals surface area contributed by atoms with Crippen LogP contribution in [-0.2, 0) is 0 Å². The predicted molar refractivity (Wildman–Crippen MR) is 120 cm³/mol. The zero-order chi connectivity index (χ0) is 20.3. The van der Waals surface area contributed by atoms with Crippen molar-refractivity contribution in [2.75, 3.05) is 39.3 Å². The number of hydrogen-bond acceptors (Lipinski definition) is 4. The van der Waals surface area contributed by atoms with Crippen molar-refractivity contribution < 1.29 is 9.47 Å². The summed E-state index contributed by atoms with van der Waals surface area (Å²) in [5.74, 6) is 3.42. The largest absolute Gasteiger partial charge is 0.486 e. The van der Waals surface area contributed by atoms with Crippen LogP contribution in [0.25, 0.3) is 5.82 Å². The highest BCUT2D eigenvalue weighted by molar-refractivity contribution is 6.32. The van der Waals surface area contributed by atoms with Crippen molar-refractivity contribution in [2.24, 2.45) is 5.92 Å². The number of para-hydroxylation sites is 1. The summed E-state index contributed by atoms with van der Waals surface area (Å²) in [6.45, 7) is 5.76. The molecule has 0 aliphatic carbocycles. The minimum absolute atomic E-state index is 0.0319.